The third-order valence-electron chi connectivity index (χ3n) is 16.0. The number of unbranched alkanes of at least 4 members (excludes halogenated alkanes) is 28. The zero-order valence-corrected chi connectivity index (χ0v) is 57.7. The number of phosphoric ester groups is 2. The molecule has 0 aromatic carbocycles. The summed E-state index contributed by atoms with van der Waals surface area (Å²) in [5, 5.41) is 10.6. The second-order valence-electron chi connectivity index (χ2n) is 25.6. The third-order valence-corrected chi connectivity index (χ3v) is 17.9. The molecule has 0 heterocycles. The van der Waals surface area contributed by atoms with Gasteiger partial charge in [0.15, 0.2) is 12.2 Å². The minimum atomic E-state index is -4.95. The lowest BCUT2D eigenvalue weighted by Crippen LogP contribution is -2.30. The van der Waals surface area contributed by atoms with Crippen LogP contribution in [0.15, 0.2) is 0 Å². The standard InChI is InChI=1S/C67H130O17P2/c1-9-59(7)45-37-29-20-17-18-22-33-41-49-66(71)83-62(53-77-64(69)47-39-31-21-16-14-12-11-13-15-19-27-35-43-57(3)4)55-81-85(73,74)79-51-61(68)52-80-86(75,76)82-56-63(54-78-65(70)48-40-32-25-23-28-36-44-58(5)6)84-67(72)50-42-34-26-24-30-38-46-60(8)10-2/h57-63,68H,9-56H2,1-8H3,(H,73,74)(H,75,76)/t59?,60?,61-,62-,63-/m1/s1. The molecule has 0 amide bonds. The van der Waals surface area contributed by atoms with Crippen LogP contribution in [0, 0.1) is 23.7 Å². The highest BCUT2D eigenvalue weighted by atomic mass is 31.2. The Kier molecular flexibility index (Phi) is 55.7. The first-order valence-electron chi connectivity index (χ1n) is 34.8. The Bertz CT molecular complexity index is 1720. The van der Waals surface area contributed by atoms with Gasteiger partial charge in [0.25, 0.3) is 0 Å². The minimum Gasteiger partial charge on any atom is -0.462 e. The van der Waals surface area contributed by atoms with E-state index in [-0.39, 0.29) is 25.7 Å². The summed E-state index contributed by atoms with van der Waals surface area (Å²) in [5.74, 6) is 0.812. The zero-order chi connectivity index (χ0) is 63.9. The Morgan fingerprint density at radius 1 is 0.326 bits per heavy atom. The molecule has 7 atom stereocenters. The average Bonchev–Trinajstić information content (AvgIpc) is 3.68. The molecule has 0 saturated carbocycles. The third kappa shape index (κ3) is 58.4. The summed E-state index contributed by atoms with van der Waals surface area (Å²) in [6.45, 7) is 14.0. The normalized spacial score (nSPS) is 15.0. The number of aliphatic hydroxyl groups excluding tert-OH is 1. The van der Waals surface area contributed by atoms with E-state index in [1.165, 1.54) is 122 Å². The predicted octanol–water partition coefficient (Wildman–Crippen LogP) is 18.5. The molecular formula is C67H130O17P2. The van der Waals surface area contributed by atoms with Crippen LogP contribution in [0.5, 0.6) is 0 Å². The predicted molar refractivity (Wildman–Crippen MR) is 344 cm³/mol. The van der Waals surface area contributed by atoms with Gasteiger partial charge >= 0.3 is 39.5 Å². The van der Waals surface area contributed by atoms with E-state index in [1.807, 2.05) is 0 Å². The van der Waals surface area contributed by atoms with Crippen LogP contribution in [0.4, 0.5) is 0 Å². The van der Waals surface area contributed by atoms with E-state index in [0.717, 1.165) is 114 Å². The summed E-state index contributed by atoms with van der Waals surface area (Å²) < 4.78 is 68.1. The fourth-order valence-electron chi connectivity index (χ4n) is 9.89. The number of phosphoric acid groups is 2. The number of rotatable bonds is 64. The lowest BCUT2D eigenvalue weighted by Gasteiger charge is -2.21. The Morgan fingerprint density at radius 2 is 0.558 bits per heavy atom. The molecular weight excluding hydrogens is 1140 g/mol. The van der Waals surface area contributed by atoms with Crippen LogP contribution in [0.1, 0.15) is 325 Å². The molecule has 0 aromatic heterocycles. The number of hydrogen-bond acceptors (Lipinski definition) is 15. The smallest absolute Gasteiger partial charge is 0.462 e. The molecule has 19 heteroatoms. The topological polar surface area (TPSA) is 237 Å². The molecule has 0 radical (unpaired) electrons. The monoisotopic (exact) mass is 1270 g/mol. The van der Waals surface area contributed by atoms with Crippen LogP contribution in [0.3, 0.4) is 0 Å². The molecule has 3 N–H and O–H groups in total. The molecule has 4 unspecified atom stereocenters. The van der Waals surface area contributed by atoms with Crippen LogP contribution >= 0.6 is 15.6 Å². The fourth-order valence-corrected chi connectivity index (χ4v) is 11.5. The van der Waals surface area contributed by atoms with Crippen molar-refractivity contribution >= 4 is 39.5 Å². The quantitative estimate of drug-likeness (QED) is 0.0222. The molecule has 86 heavy (non-hydrogen) atoms. The summed E-state index contributed by atoms with van der Waals surface area (Å²) in [6.07, 6.45) is 37.7. The molecule has 0 saturated heterocycles. The maximum atomic E-state index is 13.0. The van der Waals surface area contributed by atoms with E-state index in [0.29, 0.717) is 31.6 Å². The second kappa shape index (κ2) is 57.0. The number of aliphatic hydroxyl groups is 1. The van der Waals surface area contributed by atoms with Gasteiger partial charge < -0.3 is 33.8 Å². The summed E-state index contributed by atoms with van der Waals surface area (Å²) in [6, 6.07) is 0. The van der Waals surface area contributed by atoms with Gasteiger partial charge in [-0.2, -0.15) is 0 Å². The zero-order valence-electron chi connectivity index (χ0n) is 55.9. The molecule has 510 valence electrons. The van der Waals surface area contributed by atoms with Gasteiger partial charge in [0.2, 0.25) is 0 Å². The lowest BCUT2D eigenvalue weighted by atomic mass is 9.99. The maximum Gasteiger partial charge on any atom is 0.472 e. The van der Waals surface area contributed by atoms with Gasteiger partial charge in [-0.15, -0.1) is 0 Å². The summed E-state index contributed by atoms with van der Waals surface area (Å²) >= 11 is 0. The Balaban J connectivity index is 5.24. The van der Waals surface area contributed by atoms with E-state index >= 15 is 0 Å². The van der Waals surface area contributed by atoms with Gasteiger partial charge in [0, 0.05) is 25.7 Å². The first kappa shape index (κ1) is 84.1. The molecule has 0 aromatic rings. The van der Waals surface area contributed by atoms with Gasteiger partial charge in [0.1, 0.15) is 19.3 Å². The van der Waals surface area contributed by atoms with Crippen molar-refractivity contribution in [3.05, 3.63) is 0 Å². The van der Waals surface area contributed by atoms with Crippen molar-refractivity contribution in [2.24, 2.45) is 23.7 Å². The molecule has 0 aliphatic carbocycles. The fraction of sp³-hybridized carbons (Fsp3) is 0.940. The van der Waals surface area contributed by atoms with Crippen molar-refractivity contribution in [3.63, 3.8) is 0 Å². The van der Waals surface area contributed by atoms with Crippen molar-refractivity contribution < 1.29 is 80.2 Å². The van der Waals surface area contributed by atoms with Gasteiger partial charge in [0.05, 0.1) is 26.4 Å². The number of hydrogen-bond donors (Lipinski definition) is 3. The average molecular weight is 1270 g/mol. The van der Waals surface area contributed by atoms with Crippen LogP contribution < -0.4 is 0 Å². The summed E-state index contributed by atoms with van der Waals surface area (Å²) in [4.78, 5) is 72.3. The minimum absolute atomic E-state index is 0.101. The van der Waals surface area contributed by atoms with Gasteiger partial charge in [-0.3, -0.25) is 37.3 Å². The van der Waals surface area contributed by atoms with Crippen molar-refractivity contribution in [2.45, 2.75) is 343 Å². The van der Waals surface area contributed by atoms with E-state index in [4.69, 9.17) is 37.0 Å². The summed E-state index contributed by atoms with van der Waals surface area (Å²) in [5.41, 5.74) is 0. The Hall–Kier alpha value is -1.94. The van der Waals surface area contributed by atoms with Crippen molar-refractivity contribution in [1.29, 1.82) is 0 Å². The van der Waals surface area contributed by atoms with Crippen molar-refractivity contribution in [3.8, 4) is 0 Å². The lowest BCUT2D eigenvalue weighted by molar-refractivity contribution is -0.161. The van der Waals surface area contributed by atoms with Gasteiger partial charge in [-0.1, -0.05) is 274 Å². The van der Waals surface area contributed by atoms with Gasteiger partial charge in [-0.05, 0) is 49.4 Å². The Morgan fingerprint density at radius 3 is 0.826 bits per heavy atom. The van der Waals surface area contributed by atoms with Crippen LogP contribution in [-0.2, 0) is 65.4 Å². The first-order valence-corrected chi connectivity index (χ1v) is 37.8. The number of esters is 4. The first-order chi connectivity index (χ1) is 41.2. The molecule has 17 nitrogen and oxygen atoms in total. The maximum absolute atomic E-state index is 13.0. The number of ether oxygens (including phenoxy) is 4. The highest BCUT2D eigenvalue weighted by molar-refractivity contribution is 7.47. The summed E-state index contributed by atoms with van der Waals surface area (Å²) in [7, 11) is -9.90. The molecule has 0 aliphatic rings. The SMILES string of the molecule is CCC(C)CCCCCCCCCCC(=O)O[C@H](COC(=O)CCCCCCCCCCCCCCC(C)C)COP(=O)(O)OC[C@@H](O)COP(=O)(O)OC[C@@H](COC(=O)CCCCCCCCC(C)C)OC(=O)CCCCCCCCC(C)CC. The molecule has 0 rings (SSSR count). The van der Waals surface area contributed by atoms with Crippen LogP contribution in [0.2, 0.25) is 0 Å². The van der Waals surface area contributed by atoms with Crippen LogP contribution in [0.25, 0.3) is 0 Å². The molecule has 0 spiro atoms. The molecule has 0 aliphatic heterocycles. The second-order valence-corrected chi connectivity index (χ2v) is 28.6. The van der Waals surface area contributed by atoms with E-state index in [1.54, 1.807) is 0 Å². The van der Waals surface area contributed by atoms with Crippen LogP contribution in [-0.4, -0.2) is 96.7 Å². The van der Waals surface area contributed by atoms with E-state index in [9.17, 15) is 43.2 Å². The number of carbonyl (C=O) groups excluding carboxylic acids is 4. The van der Waals surface area contributed by atoms with E-state index in [2.05, 4.69) is 55.4 Å². The van der Waals surface area contributed by atoms with Crippen molar-refractivity contribution in [1.82, 2.24) is 0 Å². The van der Waals surface area contributed by atoms with Gasteiger partial charge in [-0.25, -0.2) is 9.13 Å². The van der Waals surface area contributed by atoms with E-state index < -0.39 is 97.5 Å². The highest BCUT2D eigenvalue weighted by Gasteiger charge is 2.30. The number of carbonyl (C=O) groups is 4. The molecule has 0 fully saturated rings. The largest absolute Gasteiger partial charge is 0.472 e. The van der Waals surface area contributed by atoms with Crippen molar-refractivity contribution in [2.75, 3.05) is 39.6 Å². The molecule has 0 bridgehead atoms. The Labute approximate surface area is 524 Å². The highest BCUT2D eigenvalue weighted by Crippen LogP contribution is 2.45.